The molecule has 0 radical (unpaired) electrons. The second-order valence-electron chi connectivity index (χ2n) is 7.70. The summed E-state index contributed by atoms with van der Waals surface area (Å²) in [5.74, 6) is -0.296. The lowest BCUT2D eigenvalue weighted by atomic mass is 10.0. The van der Waals surface area contributed by atoms with E-state index in [4.69, 9.17) is 0 Å². The molecule has 1 aliphatic carbocycles. The Kier molecular flexibility index (Phi) is 5.77. The zero-order valence-corrected chi connectivity index (χ0v) is 18.5. The van der Waals surface area contributed by atoms with Crippen LogP contribution in [0.5, 0.6) is 0 Å². The Labute approximate surface area is 181 Å². The molecule has 0 spiro atoms. The van der Waals surface area contributed by atoms with E-state index in [1.165, 1.54) is 6.07 Å². The van der Waals surface area contributed by atoms with Crippen molar-refractivity contribution in [1.29, 1.82) is 0 Å². The third kappa shape index (κ3) is 4.64. The van der Waals surface area contributed by atoms with E-state index in [-0.39, 0.29) is 22.9 Å². The van der Waals surface area contributed by atoms with Crippen LogP contribution in [-0.2, 0) is 10.0 Å². The third-order valence-electron chi connectivity index (χ3n) is 5.18. The lowest BCUT2D eigenvalue weighted by Gasteiger charge is -2.19. The predicted octanol–water partition coefficient (Wildman–Crippen LogP) is 4.33. The molecular formula is C23H24N2O3S2. The van der Waals surface area contributed by atoms with Crippen LogP contribution in [0.1, 0.15) is 50.8 Å². The fraction of sp³-hybridized carbons (Fsp3) is 0.261. The molecule has 4 rings (SSSR count). The molecule has 5 nitrogen and oxygen atoms in total. The number of aryl methyl sites for hydroxylation is 2. The van der Waals surface area contributed by atoms with Crippen molar-refractivity contribution in [3.05, 3.63) is 87.1 Å². The number of rotatable bonds is 7. The molecule has 1 aromatic heterocycles. The average molecular weight is 441 g/mol. The van der Waals surface area contributed by atoms with Crippen molar-refractivity contribution in [2.45, 2.75) is 43.7 Å². The fourth-order valence-electron chi connectivity index (χ4n) is 3.24. The highest BCUT2D eigenvalue weighted by molar-refractivity contribution is 7.89. The van der Waals surface area contributed by atoms with E-state index in [9.17, 15) is 13.2 Å². The minimum absolute atomic E-state index is 0.0123. The van der Waals surface area contributed by atoms with Gasteiger partial charge in [-0.3, -0.25) is 4.79 Å². The number of hydrogen-bond donors (Lipinski definition) is 2. The molecule has 156 valence electrons. The van der Waals surface area contributed by atoms with Crippen molar-refractivity contribution in [2.24, 2.45) is 0 Å². The lowest BCUT2D eigenvalue weighted by molar-refractivity contribution is 0.0942. The van der Waals surface area contributed by atoms with Gasteiger partial charge in [-0.15, -0.1) is 11.3 Å². The molecule has 1 saturated carbocycles. The number of amides is 1. The Morgan fingerprint density at radius 1 is 1.07 bits per heavy atom. The van der Waals surface area contributed by atoms with E-state index in [0.717, 1.165) is 34.4 Å². The van der Waals surface area contributed by atoms with Crippen LogP contribution < -0.4 is 10.0 Å². The van der Waals surface area contributed by atoms with E-state index in [1.807, 2.05) is 55.6 Å². The molecule has 1 atom stereocenters. The predicted molar refractivity (Wildman–Crippen MR) is 119 cm³/mol. The fourth-order valence-corrected chi connectivity index (χ4v) is 5.38. The zero-order valence-electron chi connectivity index (χ0n) is 16.9. The topological polar surface area (TPSA) is 75.3 Å². The highest BCUT2D eigenvalue weighted by atomic mass is 32.2. The SMILES string of the molecule is Cc1ccc(C(NC(=O)c2cc(S(=O)(=O)NC3CC3)ccc2C)c2cccs2)cc1. The highest BCUT2D eigenvalue weighted by Gasteiger charge is 2.29. The van der Waals surface area contributed by atoms with Crippen molar-refractivity contribution in [1.82, 2.24) is 10.0 Å². The lowest BCUT2D eigenvalue weighted by Crippen LogP contribution is -2.30. The van der Waals surface area contributed by atoms with E-state index >= 15 is 0 Å². The minimum Gasteiger partial charge on any atom is -0.340 e. The van der Waals surface area contributed by atoms with Crippen LogP contribution in [0.4, 0.5) is 0 Å². The van der Waals surface area contributed by atoms with Gasteiger partial charge in [0.1, 0.15) is 0 Å². The first kappa shape index (κ1) is 20.8. The van der Waals surface area contributed by atoms with Crippen molar-refractivity contribution >= 4 is 27.3 Å². The number of nitrogens with one attached hydrogen (secondary N) is 2. The normalized spacial score (nSPS) is 15.0. The second kappa shape index (κ2) is 8.34. The molecule has 1 unspecified atom stereocenters. The highest BCUT2D eigenvalue weighted by Crippen LogP contribution is 2.28. The van der Waals surface area contributed by atoms with Crippen molar-refractivity contribution in [3.8, 4) is 0 Å². The van der Waals surface area contributed by atoms with Gasteiger partial charge in [0.2, 0.25) is 10.0 Å². The van der Waals surface area contributed by atoms with Gasteiger partial charge >= 0.3 is 0 Å². The number of carbonyl (C=O) groups is 1. The van der Waals surface area contributed by atoms with Crippen LogP contribution in [-0.4, -0.2) is 20.4 Å². The number of carbonyl (C=O) groups excluding carboxylic acids is 1. The average Bonchev–Trinajstić information content (AvgIpc) is 3.35. The molecular weight excluding hydrogens is 416 g/mol. The number of sulfonamides is 1. The molecule has 2 N–H and O–H groups in total. The van der Waals surface area contributed by atoms with E-state index < -0.39 is 10.0 Å². The molecule has 1 aliphatic rings. The van der Waals surface area contributed by atoms with Gasteiger partial charge in [-0.1, -0.05) is 42.0 Å². The Hall–Kier alpha value is -2.48. The van der Waals surface area contributed by atoms with Crippen LogP contribution >= 0.6 is 11.3 Å². The summed E-state index contributed by atoms with van der Waals surface area (Å²) in [4.78, 5) is 14.3. The molecule has 30 heavy (non-hydrogen) atoms. The maximum Gasteiger partial charge on any atom is 0.252 e. The molecule has 0 saturated heterocycles. The van der Waals surface area contributed by atoms with Crippen LogP contribution in [0.15, 0.2) is 64.9 Å². The Morgan fingerprint density at radius 2 is 1.80 bits per heavy atom. The van der Waals surface area contributed by atoms with Crippen molar-refractivity contribution in [3.63, 3.8) is 0 Å². The largest absolute Gasteiger partial charge is 0.340 e. The van der Waals surface area contributed by atoms with Gasteiger partial charge in [0, 0.05) is 16.5 Å². The van der Waals surface area contributed by atoms with Gasteiger partial charge in [0.05, 0.1) is 10.9 Å². The summed E-state index contributed by atoms with van der Waals surface area (Å²) in [5.41, 5.74) is 3.22. The minimum atomic E-state index is -3.63. The van der Waals surface area contributed by atoms with Crippen LogP contribution in [0.3, 0.4) is 0 Å². The third-order valence-corrected chi connectivity index (χ3v) is 7.63. The molecule has 1 fully saturated rings. The summed E-state index contributed by atoms with van der Waals surface area (Å²) < 4.78 is 27.8. The summed E-state index contributed by atoms with van der Waals surface area (Å²) in [6, 6.07) is 16.4. The van der Waals surface area contributed by atoms with E-state index in [2.05, 4.69) is 10.0 Å². The first-order valence-electron chi connectivity index (χ1n) is 9.87. The van der Waals surface area contributed by atoms with Crippen molar-refractivity contribution in [2.75, 3.05) is 0 Å². The molecule has 0 bridgehead atoms. The Bertz CT molecular complexity index is 1150. The second-order valence-corrected chi connectivity index (χ2v) is 10.4. The summed E-state index contributed by atoms with van der Waals surface area (Å²) >= 11 is 1.57. The number of thiophene rings is 1. The first-order valence-corrected chi connectivity index (χ1v) is 12.2. The Balaban J connectivity index is 1.64. The van der Waals surface area contributed by atoms with Gasteiger partial charge in [-0.25, -0.2) is 13.1 Å². The number of hydrogen-bond acceptors (Lipinski definition) is 4. The van der Waals surface area contributed by atoms with Gasteiger partial charge in [0.25, 0.3) is 5.91 Å². The summed E-state index contributed by atoms with van der Waals surface area (Å²) in [5, 5.41) is 5.08. The quantitative estimate of drug-likeness (QED) is 0.574. The maximum absolute atomic E-state index is 13.2. The van der Waals surface area contributed by atoms with E-state index in [1.54, 1.807) is 23.5 Å². The van der Waals surface area contributed by atoms with Gasteiger partial charge in [-0.2, -0.15) is 0 Å². The zero-order chi connectivity index (χ0) is 21.3. The van der Waals surface area contributed by atoms with Gasteiger partial charge < -0.3 is 5.32 Å². The standard InChI is InChI=1S/C23H24N2O3S2/c1-15-5-8-17(9-6-15)22(21-4-3-13-29-21)24-23(26)20-14-19(12-7-16(20)2)30(27,28)25-18-10-11-18/h3-9,12-14,18,22,25H,10-11H2,1-2H3,(H,24,26). The maximum atomic E-state index is 13.2. The van der Waals surface area contributed by atoms with Crippen LogP contribution in [0.25, 0.3) is 0 Å². The Morgan fingerprint density at radius 3 is 2.43 bits per heavy atom. The molecule has 1 heterocycles. The molecule has 3 aromatic rings. The molecule has 2 aromatic carbocycles. The summed E-state index contributed by atoms with van der Waals surface area (Å²) in [6.07, 6.45) is 1.72. The number of benzene rings is 2. The van der Waals surface area contributed by atoms with Crippen molar-refractivity contribution < 1.29 is 13.2 Å². The summed E-state index contributed by atoms with van der Waals surface area (Å²) in [6.45, 7) is 3.83. The van der Waals surface area contributed by atoms with Crippen LogP contribution in [0, 0.1) is 13.8 Å². The molecule has 7 heteroatoms. The first-order chi connectivity index (χ1) is 14.3. The molecule has 1 amide bonds. The van der Waals surface area contributed by atoms with Gasteiger partial charge in [-0.05, 0) is 61.4 Å². The molecule has 0 aliphatic heterocycles. The van der Waals surface area contributed by atoms with Crippen LogP contribution in [0.2, 0.25) is 0 Å². The van der Waals surface area contributed by atoms with Gasteiger partial charge in [0.15, 0.2) is 0 Å². The monoisotopic (exact) mass is 440 g/mol. The smallest absolute Gasteiger partial charge is 0.252 e. The summed E-state index contributed by atoms with van der Waals surface area (Å²) in [7, 11) is -3.63. The van der Waals surface area contributed by atoms with E-state index in [0.29, 0.717) is 5.56 Å².